The van der Waals surface area contributed by atoms with Crippen molar-refractivity contribution in [1.29, 1.82) is 0 Å². The smallest absolute Gasteiger partial charge is 0.146 e. The van der Waals surface area contributed by atoms with Crippen LogP contribution in [-0.4, -0.2) is 5.71 Å². The zero-order valence-corrected chi connectivity index (χ0v) is 24.2. The third-order valence-corrected chi connectivity index (χ3v) is 8.82. The van der Waals surface area contributed by atoms with Gasteiger partial charge in [-0.25, -0.2) is 0 Å². The molecule has 0 amide bonds. The average molecular weight is 553 g/mol. The summed E-state index contributed by atoms with van der Waals surface area (Å²) in [6.07, 6.45) is 10.0. The molecule has 2 atom stereocenters. The van der Waals surface area contributed by atoms with E-state index in [2.05, 4.69) is 158 Å². The molecule has 1 aliphatic carbocycles. The first-order chi connectivity index (χ1) is 21.2. The van der Waals surface area contributed by atoms with Gasteiger partial charge in [0.05, 0.1) is 5.71 Å². The van der Waals surface area contributed by atoms with Crippen LogP contribution in [0.3, 0.4) is 0 Å². The molecule has 1 heterocycles. The molecule has 2 unspecified atom stereocenters. The minimum atomic E-state index is -0.217. The van der Waals surface area contributed by atoms with Gasteiger partial charge < -0.3 is 5.32 Å². The predicted octanol–water partition coefficient (Wildman–Crippen LogP) is 10.3. The molecule has 6 aromatic rings. The summed E-state index contributed by atoms with van der Waals surface area (Å²) in [4.78, 5) is 5.35. The number of nitrogens with one attached hydrogen (secondary N) is 1. The largest absolute Gasteiger partial charge is 0.359 e. The summed E-state index contributed by atoms with van der Waals surface area (Å²) < 4.78 is 0. The van der Waals surface area contributed by atoms with Crippen molar-refractivity contribution in [2.24, 2.45) is 10.9 Å². The van der Waals surface area contributed by atoms with E-state index in [1.165, 1.54) is 49.0 Å². The Labute approximate surface area is 252 Å². The highest BCUT2D eigenvalue weighted by molar-refractivity contribution is 6.19. The summed E-state index contributed by atoms with van der Waals surface area (Å²) in [7, 11) is 0. The first-order valence-corrected chi connectivity index (χ1v) is 15.1. The number of hydrogen-bond donors (Lipinski definition) is 1. The van der Waals surface area contributed by atoms with Crippen LogP contribution >= 0.6 is 0 Å². The molecule has 0 aromatic heterocycles. The maximum atomic E-state index is 5.35. The van der Waals surface area contributed by atoms with E-state index in [0.717, 1.165) is 29.0 Å². The van der Waals surface area contributed by atoms with Crippen LogP contribution in [0.15, 0.2) is 151 Å². The van der Waals surface area contributed by atoms with E-state index in [0.29, 0.717) is 5.92 Å². The van der Waals surface area contributed by atoms with Gasteiger partial charge in [0.15, 0.2) is 0 Å². The van der Waals surface area contributed by atoms with Crippen LogP contribution in [-0.2, 0) is 0 Å². The van der Waals surface area contributed by atoms with Gasteiger partial charge in [0.1, 0.15) is 6.17 Å². The van der Waals surface area contributed by atoms with Crippen molar-refractivity contribution in [2.45, 2.75) is 19.5 Å². The molecule has 1 aliphatic heterocycles. The molecule has 206 valence electrons. The van der Waals surface area contributed by atoms with Crippen molar-refractivity contribution < 1.29 is 0 Å². The summed E-state index contributed by atoms with van der Waals surface area (Å²) in [5.74, 6) is 0.614. The first kappa shape index (κ1) is 25.5. The van der Waals surface area contributed by atoms with Crippen LogP contribution in [0, 0.1) is 5.92 Å². The Morgan fingerprint density at radius 1 is 0.651 bits per heavy atom. The molecule has 0 fully saturated rings. The Kier molecular flexibility index (Phi) is 6.26. The van der Waals surface area contributed by atoms with Crippen molar-refractivity contribution in [1.82, 2.24) is 5.32 Å². The van der Waals surface area contributed by atoms with E-state index < -0.39 is 0 Å². The van der Waals surface area contributed by atoms with Gasteiger partial charge in [-0.05, 0) is 79.6 Å². The molecule has 0 spiro atoms. The Morgan fingerprint density at radius 3 is 2.12 bits per heavy atom. The Morgan fingerprint density at radius 2 is 1.33 bits per heavy atom. The molecule has 2 heteroatoms. The normalized spacial score (nSPS) is 18.3. The molecule has 6 aromatic carbocycles. The summed E-state index contributed by atoms with van der Waals surface area (Å²) in [6, 6.07) is 43.8. The third-order valence-electron chi connectivity index (χ3n) is 8.82. The SMILES string of the molecule is CC1C=CC(c2ccc3cc(C4=CC(c5cccc6ccccc56)=NC(c5cccc6ccccc56)N4)ccc3c2)=CC1. The van der Waals surface area contributed by atoms with Gasteiger partial charge in [0.25, 0.3) is 0 Å². The monoisotopic (exact) mass is 552 g/mol. The number of hydrogen-bond acceptors (Lipinski definition) is 2. The predicted molar refractivity (Wildman–Crippen MR) is 183 cm³/mol. The fourth-order valence-corrected chi connectivity index (χ4v) is 6.47. The highest BCUT2D eigenvalue weighted by Gasteiger charge is 2.22. The van der Waals surface area contributed by atoms with Crippen LogP contribution < -0.4 is 5.32 Å². The second-order valence-electron chi connectivity index (χ2n) is 11.7. The molecule has 1 N–H and O–H groups in total. The average Bonchev–Trinajstić information content (AvgIpc) is 3.07. The Hall–Kier alpha value is -5.21. The number of fused-ring (bicyclic) bond motifs is 3. The fraction of sp³-hybridized carbons (Fsp3) is 0.0976. The van der Waals surface area contributed by atoms with Gasteiger partial charge >= 0.3 is 0 Å². The molecule has 2 nitrogen and oxygen atoms in total. The molecule has 8 rings (SSSR count). The topological polar surface area (TPSA) is 24.4 Å². The highest BCUT2D eigenvalue weighted by Crippen LogP contribution is 2.34. The highest BCUT2D eigenvalue weighted by atomic mass is 15.1. The van der Waals surface area contributed by atoms with Gasteiger partial charge in [-0.2, -0.15) is 0 Å². The fourth-order valence-electron chi connectivity index (χ4n) is 6.47. The van der Waals surface area contributed by atoms with Gasteiger partial charge in [-0.15, -0.1) is 0 Å². The van der Waals surface area contributed by atoms with E-state index in [-0.39, 0.29) is 6.17 Å². The number of nitrogens with zero attached hydrogens (tertiary/aromatic N) is 1. The summed E-state index contributed by atoms with van der Waals surface area (Å²) in [5, 5.41) is 11.2. The molecule has 0 radical (unpaired) electrons. The van der Waals surface area contributed by atoms with E-state index in [4.69, 9.17) is 4.99 Å². The summed E-state index contributed by atoms with van der Waals surface area (Å²) in [6.45, 7) is 2.26. The second-order valence-corrected chi connectivity index (χ2v) is 11.7. The quantitative estimate of drug-likeness (QED) is 0.231. The van der Waals surface area contributed by atoms with Crippen LogP contribution in [0.25, 0.3) is 43.6 Å². The van der Waals surface area contributed by atoms with Crippen LogP contribution in [0.4, 0.5) is 0 Å². The number of allylic oxidation sites excluding steroid dienone is 5. The Balaban J connectivity index is 1.24. The standard InChI is InChI=1S/C41H32N2/c1-27-16-18-28(19-17-27)31-20-21-33-25-34(23-22-32(33)24-31)39-26-40(37-14-6-10-29-8-2-4-12-35(29)37)43-41(42-39)38-15-7-11-30-9-3-5-13-36(30)38/h2-16,18-27,41-42H,17H2,1H3. The van der Waals surface area contributed by atoms with E-state index in [1.807, 2.05) is 0 Å². The molecule has 0 saturated heterocycles. The van der Waals surface area contributed by atoms with Crippen molar-refractivity contribution >= 4 is 49.3 Å². The third kappa shape index (κ3) is 4.75. The lowest BCUT2D eigenvalue weighted by atomic mass is 9.92. The summed E-state index contributed by atoms with van der Waals surface area (Å²) >= 11 is 0. The van der Waals surface area contributed by atoms with Gasteiger partial charge in [-0.3, -0.25) is 4.99 Å². The molecule has 2 aliphatic rings. The lowest BCUT2D eigenvalue weighted by Gasteiger charge is -2.26. The maximum absolute atomic E-state index is 5.35. The van der Waals surface area contributed by atoms with E-state index in [1.54, 1.807) is 0 Å². The molecule has 0 bridgehead atoms. The zero-order valence-electron chi connectivity index (χ0n) is 24.2. The zero-order chi connectivity index (χ0) is 28.8. The van der Waals surface area contributed by atoms with Crippen LogP contribution in [0.2, 0.25) is 0 Å². The minimum absolute atomic E-state index is 0.217. The van der Waals surface area contributed by atoms with E-state index >= 15 is 0 Å². The van der Waals surface area contributed by atoms with Crippen molar-refractivity contribution in [3.8, 4) is 0 Å². The van der Waals surface area contributed by atoms with Crippen molar-refractivity contribution in [2.75, 3.05) is 0 Å². The maximum Gasteiger partial charge on any atom is 0.146 e. The van der Waals surface area contributed by atoms with Crippen molar-refractivity contribution in [3.63, 3.8) is 0 Å². The molecular formula is C41H32N2. The number of rotatable bonds is 4. The van der Waals surface area contributed by atoms with Gasteiger partial charge in [0, 0.05) is 16.8 Å². The van der Waals surface area contributed by atoms with Gasteiger partial charge in [-0.1, -0.05) is 134 Å². The molecule has 0 saturated carbocycles. The van der Waals surface area contributed by atoms with Crippen molar-refractivity contribution in [3.05, 3.63) is 168 Å². The number of benzene rings is 6. The lowest BCUT2D eigenvalue weighted by Crippen LogP contribution is -2.25. The second kappa shape index (κ2) is 10.6. The van der Waals surface area contributed by atoms with Crippen LogP contribution in [0.5, 0.6) is 0 Å². The minimum Gasteiger partial charge on any atom is -0.359 e. The van der Waals surface area contributed by atoms with Gasteiger partial charge in [0.2, 0.25) is 0 Å². The lowest BCUT2D eigenvalue weighted by molar-refractivity contribution is 0.669. The van der Waals surface area contributed by atoms with Crippen LogP contribution in [0.1, 0.15) is 41.8 Å². The Bertz CT molecular complexity index is 2150. The molecule has 43 heavy (non-hydrogen) atoms. The summed E-state index contributed by atoms with van der Waals surface area (Å²) in [5.41, 5.74) is 8.14. The number of aliphatic imine (C=N–C) groups is 1. The van der Waals surface area contributed by atoms with E-state index in [9.17, 15) is 0 Å². The molecular weight excluding hydrogens is 520 g/mol. The first-order valence-electron chi connectivity index (χ1n) is 15.1.